The van der Waals surface area contributed by atoms with Crippen LogP contribution in [-0.4, -0.2) is 42.1 Å². The Morgan fingerprint density at radius 1 is 1.25 bits per heavy atom. The number of urea groups is 1. The number of carbonyl (C=O) groups excluding carboxylic acids is 1. The third-order valence-electron chi connectivity index (χ3n) is 3.69. The van der Waals surface area contributed by atoms with E-state index in [4.69, 9.17) is 5.11 Å². The molecule has 1 aliphatic rings. The normalized spacial score (nSPS) is 18.1. The molecule has 5 nitrogen and oxygen atoms in total. The zero-order valence-electron chi connectivity index (χ0n) is 12.1. The van der Waals surface area contributed by atoms with Crippen LogP contribution in [0.1, 0.15) is 17.5 Å². The molecule has 1 atom stereocenters. The molecule has 108 valence electrons. The number of rotatable bonds is 2. The molecule has 5 heteroatoms. The number of likely N-dealkylation sites (tertiary alicyclic amines) is 1. The summed E-state index contributed by atoms with van der Waals surface area (Å²) in [5.74, 6) is -1.26. The second-order valence-electron chi connectivity index (χ2n) is 5.46. The molecule has 0 spiro atoms. The molecule has 0 saturated carbocycles. The average Bonchev–Trinajstić information content (AvgIpc) is 2.85. The number of aliphatic carboxylic acids is 1. The van der Waals surface area contributed by atoms with Gasteiger partial charge in [0.25, 0.3) is 0 Å². The molecule has 0 aromatic heterocycles. The van der Waals surface area contributed by atoms with E-state index in [2.05, 4.69) is 6.07 Å². The number of anilines is 1. The first-order valence-corrected chi connectivity index (χ1v) is 6.72. The van der Waals surface area contributed by atoms with Crippen LogP contribution in [0.15, 0.2) is 18.2 Å². The van der Waals surface area contributed by atoms with Crippen molar-refractivity contribution in [2.24, 2.45) is 5.92 Å². The van der Waals surface area contributed by atoms with Crippen LogP contribution < -0.4 is 4.90 Å². The maximum absolute atomic E-state index is 12.4. The molecule has 1 aromatic rings. The molecule has 1 aromatic carbocycles. The summed E-state index contributed by atoms with van der Waals surface area (Å²) in [7, 11) is 1.73. The number of amides is 2. The molecule has 1 saturated heterocycles. The highest BCUT2D eigenvalue weighted by Crippen LogP contribution is 2.22. The fraction of sp³-hybridized carbons (Fsp3) is 0.467. The highest BCUT2D eigenvalue weighted by molar-refractivity contribution is 5.92. The van der Waals surface area contributed by atoms with E-state index >= 15 is 0 Å². The van der Waals surface area contributed by atoms with Crippen LogP contribution >= 0.6 is 0 Å². The van der Waals surface area contributed by atoms with Crippen molar-refractivity contribution >= 4 is 17.7 Å². The predicted octanol–water partition coefficient (Wildman–Crippen LogP) is 2.27. The summed E-state index contributed by atoms with van der Waals surface area (Å²) >= 11 is 0. The van der Waals surface area contributed by atoms with E-state index in [-0.39, 0.29) is 6.03 Å². The van der Waals surface area contributed by atoms with Crippen LogP contribution in [0, 0.1) is 19.8 Å². The summed E-state index contributed by atoms with van der Waals surface area (Å²) in [6.45, 7) is 4.78. The van der Waals surface area contributed by atoms with Gasteiger partial charge in [-0.3, -0.25) is 9.69 Å². The summed E-state index contributed by atoms with van der Waals surface area (Å²) in [4.78, 5) is 26.5. The van der Waals surface area contributed by atoms with Crippen LogP contribution in [-0.2, 0) is 4.79 Å². The van der Waals surface area contributed by atoms with E-state index in [9.17, 15) is 9.59 Å². The summed E-state index contributed by atoms with van der Waals surface area (Å²) in [5.41, 5.74) is 3.04. The van der Waals surface area contributed by atoms with Gasteiger partial charge in [0.05, 0.1) is 5.92 Å². The van der Waals surface area contributed by atoms with Crippen molar-refractivity contribution in [2.45, 2.75) is 20.3 Å². The lowest BCUT2D eigenvalue weighted by atomic mass is 10.1. The van der Waals surface area contributed by atoms with E-state index in [0.717, 1.165) is 16.8 Å². The second kappa shape index (κ2) is 5.53. The molecule has 0 radical (unpaired) electrons. The van der Waals surface area contributed by atoms with Crippen molar-refractivity contribution in [3.05, 3.63) is 29.3 Å². The molecule has 1 N–H and O–H groups in total. The average molecular weight is 276 g/mol. The SMILES string of the molecule is Cc1cc(C)cc(N(C)C(=O)N2CCC(C(=O)O)C2)c1. The van der Waals surface area contributed by atoms with Gasteiger partial charge < -0.3 is 10.0 Å². The van der Waals surface area contributed by atoms with Crippen LogP contribution in [0.25, 0.3) is 0 Å². The van der Waals surface area contributed by atoms with Crippen molar-refractivity contribution in [1.29, 1.82) is 0 Å². The summed E-state index contributed by atoms with van der Waals surface area (Å²) < 4.78 is 0. The number of hydrogen-bond donors (Lipinski definition) is 1. The molecule has 1 fully saturated rings. The van der Waals surface area contributed by atoms with Crippen LogP contribution in [0.4, 0.5) is 10.5 Å². The molecule has 2 rings (SSSR count). The Morgan fingerprint density at radius 3 is 2.35 bits per heavy atom. The van der Waals surface area contributed by atoms with Crippen molar-refractivity contribution in [3.63, 3.8) is 0 Å². The molecular formula is C15H20N2O3. The van der Waals surface area contributed by atoms with Gasteiger partial charge in [0.2, 0.25) is 0 Å². The Labute approximate surface area is 118 Å². The van der Waals surface area contributed by atoms with Crippen molar-refractivity contribution < 1.29 is 14.7 Å². The minimum absolute atomic E-state index is 0.140. The van der Waals surface area contributed by atoms with Gasteiger partial charge in [-0.2, -0.15) is 0 Å². The third kappa shape index (κ3) is 2.92. The Morgan fingerprint density at radius 2 is 1.85 bits per heavy atom. The third-order valence-corrected chi connectivity index (χ3v) is 3.69. The fourth-order valence-corrected chi connectivity index (χ4v) is 2.60. The van der Waals surface area contributed by atoms with Gasteiger partial charge in [0.1, 0.15) is 0 Å². The molecule has 20 heavy (non-hydrogen) atoms. The predicted molar refractivity (Wildman–Crippen MR) is 77.0 cm³/mol. The first-order valence-electron chi connectivity index (χ1n) is 6.72. The maximum Gasteiger partial charge on any atom is 0.324 e. The highest BCUT2D eigenvalue weighted by atomic mass is 16.4. The zero-order chi connectivity index (χ0) is 14.9. The van der Waals surface area contributed by atoms with Crippen molar-refractivity contribution in [1.82, 2.24) is 4.90 Å². The molecule has 1 aliphatic heterocycles. The molecule has 1 unspecified atom stereocenters. The largest absolute Gasteiger partial charge is 0.481 e. The van der Waals surface area contributed by atoms with E-state index in [0.29, 0.717) is 19.5 Å². The minimum Gasteiger partial charge on any atom is -0.481 e. The van der Waals surface area contributed by atoms with Gasteiger partial charge in [-0.1, -0.05) is 6.07 Å². The Bertz CT molecular complexity index is 522. The molecular weight excluding hydrogens is 256 g/mol. The first kappa shape index (κ1) is 14.4. The zero-order valence-corrected chi connectivity index (χ0v) is 12.1. The topological polar surface area (TPSA) is 60.9 Å². The Balaban J connectivity index is 2.11. The van der Waals surface area contributed by atoms with Gasteiger partial charge in [-0.15, -0.1) is 0 Å². The quantitative estimate of drug-likeness (QED) is 0.901. The van der Waals surface area contributed by atoms with E-state index in [1.54, 1.807) is 16.8 Å². The lowest BCUT2D eigenvalue weighted by Gasteiger charge is -2.25. The number of nitrogens with zero attached hydrogens (tertiary/aromatic N) is 2. The number of carboxylic acids is 1. The molecule has 1 heterocycles. The van der Waals surface area contributed by atoms with Gasteiger partial charge in [-0.05, 0) is 43.5 Å². The number of carboxylic acid groups (broad SMARTS) is 1. The van der Waals surface area contributed by atoms with Crippen LogP contribution in [0.5, 0.6) is 0 Å². The van der Waals surface area contributed by atoms with E-state index in [1.165, 1.54) is 0 Å². The monoisotopic (exact) mass is 276 g/mol. The maximum atomic E-state index is 12.4. The van der Waals surface area contributed by atoms with Crippen molar-refractivity contribution in [3.8, 4) is 0 Å². The van der Waals surface area contributed by atoms with Crippen LogP contribution in [0.3, 0.4) is 0 Å². The Hall–Kier alpha value is -2.04. The molecule has 0 aliphatic carbocycles. The standard InChI is InChI=1S/C15H20N2O3/c1-10-6-11(2)8-13(7-10)16(3)15(20)17-5-4-12(9-17)14(18)19/h6-8,12H,4-5,9H2,1-3H3,(H,18,19). The lowest BCUT2D eigenvalue weighted by Crippen LogP contribution is -2.40. The van der Waals surface area contributed by atoms with Gasteiger partial charge >= 0.3 is 12.0 Å². The molecule has 2 amide bonds. The Kier molecular flexibility index (Phi) is 3.97. The fourth-order valence-electron chi connectivity index (χ4n) is 2.60. The minimum atomic E-state index is -0.825. The smallest absolute Gasteiger partial charge is 0.324 e. The molecule has 0 bridgehead atoms. The summed E-state index contributed by atoms with van der Waals surface area (Å²) in [5, 5.41) is 8.99. The second-order valence-corrected chi connectivity index (χ2v) is 5.46. The number of benzene rings is 1. The highest BCUT2D eigenvalue weighted by Gasteiger charge is 2.32. The van der Waals surface area contributed by atoms with Gasteiger partial charge in [-0.25, -0.2) is 4.79 Å². The van der Waals surface area contributed by atoms with Crippen LogP contribution in [0.2, 0.25) is 0 Å². The van der Waals surface area contributed by atoms with E-state index < -0.39 is 11.9 Å². The summed E-state index contributed by atoms with van der Waals surface area (Å²) in [6, 6.07) is 5.82. The lowest BCUT2D eigenvalue weighted by molar-refractivity contribution is -0.141. The number of carbonyl (C=O) groups is 2. The number of hydrogen-bond acceptors (Lipinski definition) is 2. The first-order chi connectivity index (χ1) is 9.38. The van der Waals surface area contributed by atoms with E-state index in [1.807, 2.05) is 26.0 Å². The summed E-state index contributed by atoms with van der Waals surface area (Å²) in [6.07, 6.45) is 0.530. The van der Waals surface area contributed by atoms with Gasteiger partial charge in [0.15, 0.2) is 0 Å². The van der Waals surface area contributed by atoms with Crippen molar-refractivity contribution in [2.75, 3.05) is 25.0 Å². The van der Waals surface area contributed by atoms with Gasteiger partial charge in [0, 0.05) is 25.8 Å². The number of aryl methyl sites for hydroxylation is 2.